The molecule has 0 aliphatic heterocycles. The minimum Gasteiger partial charge on any atom is -0.492 e. The van der Waals surface area contributed by atoms with E-state index >= 15 is 0 Å². The SMILES string of the molecule is CCC(N)Cc1cc(F)ccc1OCCS(C)(=O)=O. The summed E-state index contributed by atoms with van der Waals surface area (Å²) in [6.07, 6.45) is 2.43. The largest absolute Gasteiger partial charge is 0.492 e. The van der Waals surface area contributed by atoms with E-state index in [2.05, 4.69) is 0 Å². The first-order valence-electron chi connectivity index (χ1n) is 6.16. The summed E-state index contributed by atoms with van der Waals surface area (Å²) in [5.74, 6) is 0.0756. The second kappa shape index (κ2) is 6.86. The fraction of sp³-hybridized carbons (Fsp3) is 0.538. The molecule has 0 bridgehead atoms. The van der Waals surface area contributed by atoms with Crippen molar-refractivity contribution in [2.24, 2.45) is 5.73 Å². The molecule has 0 amide bonds. The smallest absolute Gasteiger partial charge is 0.150 e. The van der Waals surface area contributed by atoms with Gasteiger partial charge in [-0.15, -0.1) is 0 Å². The third-order valence-corrected chi connectivity index (χ3v) is 3.65. The Balaban J connectivity index is 2.76. The van der Waals surface area contributed by atoms with Gasteiger partial charge in [0.15, 0.2) is 9.84 Å². The van der Waals surface area contributed by atoms with E-state index in [0.29, 0.717) is 17.7 Å². The molecule has 2 N–H and O–H groups in total. The Bertz CT molecular complexity index is 517. The summed E-state index contributed by atoms with van der Waals surface area (Å²) in [5.41, 5.74) is 6.52. The lowest BCUT2D eigenvalue weighted by Gasteiger charge is -2.14. The standard InChI is InChI=1S/C13H20FNO3S/c1-3-12(15)9-10-8-11(14)4-5-13(10)18-6-7-19(2,16)17/h4-5,8,12H,3,6-7,9,15H2,1-2H3. The highest BCUT2D eigenvalue weighted by Crippen LogP contribution is 2.21. The summed E-state index contributed by atoms with van der Waals surface area (Å²) < 4.78 is 40.7. The van der Waals surface area contributed by atoms with Crippen LogP contribution in [0.2, 0.25) is 0 Å². The van der Waals surface area contributed by atoms with Gasteiger partial charge in [0.2, 0.25) is 0 Å². The molecule has 1 aromatic rings. The monoisotopic (exact) mass is 289 g/mol. The van der Waals surface area contributed by atoms with Gasteiger partial charge < -0.3 is 10.5 Å². The van der Waals surface area contributed by atoms with E-state index in [1.165, 1.54) is 18.2 Å². The third kappa shape index (κ3) is 6.02. The van der Waals surface area contributed by atoms with Gasteiger partial charge in [-0.05, 0) is 36.6 Å². The van der Waals surface area contributed by atoms with Crippen LogP contribution in [-0.2, 0) is 16.3 Å². The number of ether oxygens (including phenoxy) is 1. The maximum Gasteiger partial charge on any atom is 0.150 e. The van der Waals surface area contributed by atoms with Gasteiger partial charge in [0.1, 0.15) is 18.2 Å². The molecule has 0 spiro atoms. The fourth-order valence-corrected chi connectivity index (χ4v) is 1.96. The summed E-state index contributed by atoms with van der Waals surface area (Å²) in [4.78, 5) is 0. The molecule has 6 heteroatoms. The van der Waals surface area contributed by atoms with Crippen molar-refractivity contribution in [1.82, 2.24) is 0 Å². The van der Waals surface area contributed by atoms with Crippen LogP contribution < -0.4 is 10.5 Å². The molecule has 1 rings (SSSR count). The van der Waals surface area contributed by atoms with Crippen LogP contribution in [0.5, 0.6) is 5.75 Å². The van der Waals surface area contributed by atoms with Gasteiger partial charge in [-0.25, -0.2) is 12.8 Å². The maximum atomic E-state index is 13.2. The van der Waals surface area contributed by atoms with Gasteiger partial charge in [0.05, 0.1) is 5.75 Å². The van der Waals surface area contributed by atoms with E-state index in [1.807, 2.05) is 6.92 Å². The first-order valence-corrected chi connectivity index (χ1v) is 8.22. The summed E-state index contributed by atoms with van der Waals surface area (Å²) in [6, 6.07) is 4.11. The second-order valence-corrected chi connectivity index (χ2v) is 6.86. The molecule has 1 atom stereocenters. The molecule has 1 aromatic carbocycles. The molecule has 4 nitrogen and oxygen atoms in total. The predicted octanol–water partition coefficient (Wildman–Crippen LogP) is 1.53. The molecule has 0 saturated carbocycles. The van der Waals surface area contributed by atoms with Crippen molar-refractivity contribution in [1.29, 1.82) is 0 Å². The lowest BCUT2D eigenvalue weighted by molar-refractivity contribution is 0.335. The van der Waals surface area contributed by atoms with Gasteiger partial charge >= 0.3 is 0 Å². The van der Waals surface area contributed by atoms with Crippen molar-refractivity contribution < 1.29 is 17.5 Å². The first kappa shape index (κ1) is 15.9. The summed E-state index contributed by atoms with van der Waals surface area (Å²) in [7, 11) is -3.07. The molecule has 1 unspecified atom stereocenters. The summed E-state index contributed by atoms with van der Waals surface area (Å²) in [5, 5.41) is 0. The van der Waals surface area contributed by atoms with Crippen molar-refractivity contribution in [3.63, 3.8) is 0 Å². The minimum atomic E-state index is -3.07. The van der Waals surface area contributed by atoms with Crippen LogP contribution in [0.1, 0.15) is 18.9 Å². The lowest BCUT2D eigenvalue weighted by Crippen LogP contribution is -2.22. The Kier molecular flexibility index (Phi) is 5.75. The molecule has 0 fully saturated rings. The molecular formula is C13H20FNO3S. The van der Waals surface area contributed by atoms with E-state index < -0.39 is 9.84 Å². The number of hydrogen-bond acceptors (Lipinski definition) is 4. The van der Waals surface area contributed by atoms with E-state index in [9.17, 15) is 12.8 Å². The van der Waals surface area contributed by atoms with Gasteiger partial charge in [0.25, 0.3) is 0 Å². The average Bonchev–Trinajstić information content (AvgIpc) is 2.30. The van der Waals surface area contributed by atoms with Gasteiger partial charge in [-0.1, -0.05) is 6.92 Å². The Morgan fingerprint density at radius 2 is 2.11 bits per heavy atom. The van der Waals surface area contributed by atoms with Crippen molar-refractivity contribution in [2.45, 2.75) is 25.8 Å². The number of sulfone groups is 1. The number of benzene rings is 1. The maximum absolute atomic E-state index is 13.2. The first-order chi connectivity index (χ1) is 8.81. The molecule has 0 heterocycles. The zero-order valence-corrected chi connectivity index (χ0v) is 12.0. The van der Waals surface area contributed by atoms with Crippen LogP contribution in [0.4, 0.5) is 4.39 Å². The minimum absolute atomic E-state index is 0.0544. The molecular weight excluding hydrogens is 269 g/mol. The number of halogens is 1. The Hall–Kier alpha value is -1.14. The number of rotatable bonds is 7. The highest BCUT2D eigenvalue weighted by molar-refractivity contribution is 7.90. The van der Waals surface area contributed by atoms with Crippen LogP contribution in [0.15, 0.2) is 18.2 Å². The van der Waals surface area contributed by atoms with Crippen molar-refractivity contribution in [2.75, 3.05) is 18.6 Å². The third-order valence-electron chi connectivity index (χ3n) is 2.74. The van der Waals surface area contributed by atoms with E-state index in [-0.39, 0.29) is 24.2 Å². The molecule has 0 aliphatic carbocycles. The predicted molar refractivity (Wildman–Crippen MR) is 73.6 cm³/mol. The average molecular weight is 289 g/mol. The van der Waals surface area contributed by atoms with Gasteiger partial charge in [-0.3, -0.25) is 0 Å². The molecule has 0 aliphatic rings. The van der Waals surface area contributed by atoms with Gasteiger partial charge in [-0.2, -0.15) is 0 Å². The van der Waals surface area contributed by atoms with Crippen molar-refractivity contribution in [3.05, 3.63) is 29.6 Å². The second-order valence-electron chi connectivity index (χ2n) is 4.60. The van der Waals surface area contributed by atoms with E-state index in [1.54, 1.807) is 0 Å². The van der Waals surface area contributed by atoms with Gasteiger partial charge in [0, 0.05) is 12.3 Å². The normalized spacial score (nSPS) is 13.3. The molecule has 0 radical (unpaired) electrons. The van der Waals surface area contributed by atoms with E-state index in [0.717, 1.165) is 12.7 Å². The number of nitrogens with two attached hydrogens (primary N) is 1. The van der Waals surface area contributed by atoms with Crippen LogP contribution in [0.3, 0.4) is 0 Å². The molecule has 108 valence electrons. The Morgan fingerprint density at radius 3 is 2.68 bits per heavy atom. The Morgan fingerprint density at radius 1 is 1.42 bits per heavy atom. The topological polar surface area (TPSA) is 69.4 Å². The highest BCUT2D eigenvalue weighted by atomic mass is 32.2. The molecule has 0 saturated heterocycles. The highest BCUT2D eigenvalue weighted by Gasteiger charge is 2.10. The van der Waals surface area contributed by atoms with Crippen LogP contribution in [-0.4, -0.2) is 33.1 Å². The quantitative estimate of drug-likeness (QED) is 0.826. The van der Waals surface area contributed by atoms with Crippen LogP contribution in [0, 0.1) is 5.82 Å². The number of hydrogen-bond donors (Lipinski definition) is 1. The molecule has 0 aromatic heterocycles. The lowest BCUT2D eigenvalue weighted by atomic mass is 10.0. The zero-order chi connectivity index (χ0) is 14.5. The summed E-state index contributed by atoms with van der Waals surface area (Å²) >= 11 is 0. The zero-order valence-electron chi connectivity index (χ0n) is 11.2. The Labute approximate surface area is 113 Å². The summed E-state index contributed by atoms with van der Waals surface area (Å²) in [6.45, 7) is 2.01. The van der Waals surface area contributed by atoms with E-state index in [4.69, 9.17) is 10.5 Å². The van der Waals surface area contributed by atoms with Crippen LogP contribution >= 0.6 is 0 Å². The van der Waals surface area contributed by atoms with Crippen molar-refractivity contribution in [3.8, 4) is 5.75 Å². The van der Waals surface area contributed by atoms with Crippen molar-refractivity contribution >= 4 is 9.84 Å². The van der Waals surface area contributed by atoms with Crippen LogP contribution in [0.25, 0.3) is 0 Å². The fourth-order valence-electron chi connectivity index (χ4n) is 1.58. The molecule has 19 heavy (non-hydrogen) atoms.